The molecule has 7 heteroatoms. The molecule has 1 aromatic heterocycles. The van der Waals surface area contributed by atoms with E-state index in [0.717, 1.165) is 24.1 Å². The first-order valence-corrected chi connectivity index (χ1v) is 9.99. The SMILES string of the molecule is CNCc1sccc1S(=O)(=O)NC1CCCC1SC. The van der Waals surface area contributed by atoms with Gasteiger partial charge in [0, 0.05) is 22.7 Å². The van der Waals surface area contributed by atoms with E-state index in [2.05, 4.69) is 10.0 Å². The number of thioether (sulfide) groups is 1. The van der Waals surface area contributed by atoms with Crippen LogP contribution in [0.5, 0.6) is 0 Å². The number of thiophene rings is 1. The zero-order valence-corrected chi connectivity index (χ0v) is 13.6. The van der Waals surface area contributed by atoms with Gasteiger partial charge in [-0.3, -0.25) is 0 Å². The molecule has 1 fully saturated rings. The van der Waals surface area contributed by atoms with Gasteiger partial charge >= 0.3 is 0 Å². The number of rotatable bonds is 6. The van der Waals surface area contributed by atoms with Crippen LogP contribution in [0.3, 0.4) is 0 Å². The first-order valence-electron chi connectivity index (χ1n) is 6.34. The van der Waals surface area contributed by atoms with Gasteiger partial charge in [0.15, 0.2) is 0 Å². The summed E-state index contributed by atoms with van der Waals surface area (Å²) in [6, 6.07) is 1.77. The lowest BCUT2D eigenvalue weighted by Gasteiger charge is -2.19. The first kappa shape index (κ1) is 15.3. The van der Waals surface area contributed by atoms with E-state index in [1.54, 1.807) is 17.8 Å². The fourth-order valence-electron chi connectivity index (χ4n) is 2.46. The molecule has 1 aliphatic carbocycles. The Morgan fingerprint density at radius 3 is 2.95 bits per heavy atom. The average molecular weight is 321 g/mol. The summed E-state index contributed by atoms with van der Waals surface area (Å²) in [7, 11) is -1.57. The summed E-state index contributed by atoms with van der Waals surface area (Å²) < 4.78 is 27.8. The number of sulfonamides is 1. The van der Waals surface area contributed by atoms with Crippen molar-refractivity contribution in [1.29, 1.82) is 0 Å². The maximum absolute atomic E-state index is 12.5. The summed E-state index contributed by atoms with van der Waals surface area (Å²) in [5.41, 5.74) is 0. The smallest absolute Gasteiger partial charge is 0.242 e. The van der Waals surface area contributed by atoms with E-state index < -0.39 is 10.0 Å². The standard InChI is InChI=1S/C12H20N2O2S3/c1-13-8-11-12(6-7-18-11)19(15,16)14-9-4-3-5-10(9)17-2/h6-7,9-10,13-14H,3-5,8H2,1-2H3. The monoisotopic (exact) mass is 320 g/mol. The molecule has 0 saturated heterocycles. The van der Waals surface area contributed by atoms with Gasteiger partial charge in [0.05, 0.1) is 4.90 Å². The molecule has 0 amide bonds. The quantitative estimate of drug-likeness (QED) is 0.842. The van der Waals surface area contributed by atoms with Crippen molar-refractivity contribution in [3.8, 4) is 0 Å². The predicted octanol–water partition coefficient (Wildman–Crippen LogP) is 2.03. The second-order valence-corrected chi connectivity index (χ2v) is 8.43. The minimum Gasteiger partial charge on any atom is -0.315 e. The zero-order valence-electron chi connectivity index (χ0n) is 11.2. The summed E-state index contributed by atoms with van der Waals surface area (Å²) in [6.45, 7) is 0.588. The van der Waals surface area contributed by atoms with Crippen molar-refractivity contribution >= 4 is 33.1 Å². The van der Waals surface area contributed by atoms with Crippen LogP contribution in [0, 0.1) is 0 Å². The van der Waals surface area contributed by atoms with Gasteiger partial charge in [0.2, 0.25) is 10.0 Å². The Morgan fingerprint density at radius 2 is 2.26 bits per heavy atom. The van der Waals surface area contributed by atoms with Crippen LogP contribution in [-0.2, 0) is 16.6 Å². The highest BCUT2D eigenvalue weighted by atomic mass is 32.2. The van der Waals surface area contributed by atoms with Crippen molar-refractivity contribution in [1.82, 2.24) is 10.0 Å². The number of nitrogens with one attached hydrogen (secondary N) is 2. The molecular formula is C12H20N2O2S3. The molecule has 1 aromatic rings. The molecule has 0 spiro atoms. The molecule has 0 aromatic carbocycles. The molecule has 1 aliphatic rings. The van der Waals surface area contributed by atoms with Gasteiger partial charge in [0.25, 0.3) is 0 Å². The number of hydrogen-bond donors (Lipinski definition) is 2. The highest BCUT2D eigenvalue weighted by Gasteiger charge is 2.31. The van der Waals surface area contributed by atoms with E-state index in [-0.39, 0.29) is 6.04 Å². The highest BCUT2D eigenvalue weighted by molar-refractivity contribution is 7.99. The molecule has 2 atom stereocenters. The Kier molecular flexibility index (Phi) is 5.30. The van der Waals surface area contributed by atoms with Gasteiger partial charge in [-0.2, -0.15) is 11.8 Å². The van der Waals surface area contributed by atoms with Crippen LogP contribution in [0.15, 0.2) is 16.3 Å². The van der Waals surface area contributed by atoms with Crippen molar-refractivity contribution in [2.75, 3.05) is 13.3 Å². The van der Waals surface area contributed by atoms with Crippen LogP contribution in [0.25, 0.3) is 0 Å². The lowest BCUT2D eigenvalue weighted by atomic mass is 10.3. The van der Waals surface area contributed by atoms with E-state index in [4.69, 9.17) is 0 Å². The van der Waals surface area contributed by atoms with Crippen molar-refractivity contribution in [2.24, 2.45) is 0 Å². The van der Waals surface area contributed by atoms with Crippen LogP contribution < -0.4 is 10.0 Å². The van der Waals surface area contributed by atoms with Crippen LogP contribution in [0.1, 0.15) is 24.1 Å². The largest absolute Gasteiger partial charge is 0.315 e. The Morgan fingerprint density at radius 1 is 1.47 bits per heavy atom. The first-order chi connectivity index (χ1) is 9.08. The minimum atomic E-state index is -3.39. The Balaban J connectivity index is 2.15. The van der Waals surface area contributed by atoms with E-state index in [9.17, 15) is 8.42 Å². The fourth-order valence-corrected chi connectivity index (χ4v) is 6.25. The third-order valence-corrected chi connectivity index (χ3v) is 7.19. The molecule has 1 heterocycles. The van der Waals surface area contributed by atoms with E-state index in [1.807, 2.05) is 18.7 Å². The minimum absolute atomic E-state index is 0.0716. The van der Waals surface area contributed by atoms with Crippen LogP contribution in [0.4, 0.5) is 0 Å². The molecule has 2 N–H and O–H groups in total. The Bertz CT molecular complexity index is 513. The summed E-state index contributed by atoms with van der Waals surface area (Å²) in [6.07, 6.45) is 5.19. The van der Waals surface area contributed by atoms with Gasteiger partial charge in [0.1, 0.15) is 0 Å². The molecular weight excluding hydrogens is 300 g/mol. The third kappa shape index (κ3) is 3.52. The maximum Gasteiger partial charge on any atom is 0.242 e. The molecule has 108 valence electrons. The lowest BCUT2D eigenvalue weighted by Crippen LogP contribution is -2.38. The Labute approximate surface area is 123 Å². The second-order valence-electron chi connectivity index (χ2n) is 4.67. The molecule has 2 rings (SSSR count). The van der Waals surface area contributed by atoms with Crippen molar-refractivity contribution in [3.63, 3.8) is 0 Å². The Hall–Kier alpha value is -0.0800. The molecule has 0 aliphatic heterocycles. The van der Waals surface area contributed by atoms with Crippen LogP contribution >= 0.6 is 23.1 Å². The van der Waals surface area contributed by atoms with Gasteiger partial charge in [-0.25, -0.2) is 13.1 Å². The normalized spacial score (nSPS) is 23.9. The fraction of sp³-hybridized carbons (Fsp3) is 0.667. The average Bonchev–Trinajstić information content (AvgIpc) is 2.98. The number of hydrogen-bond acceptors (Lipinski definition) is 5. The van der Waals surface area contributed by atoms with E-state index in [0.29, 0.717) is 16.7 Å². The second kappa shape index (κ2) is 6.58. The molecule has 2 unspecified atom stereocenters. The summed E-state index contributed by atoms with van der Waals surface area (Å²) >= 11 is 3.23. The van der Waals surface area contributed by atoms with E-state index in [1.165, 1.54) is 11.3 Å². The molecule has 4 nitrogen and oxygen atoms in total. The molecule has 1 saturated carbocycles. The molecule has 0 bridgehead atoms. The molecule has 19 heavy (non-hydrogen) atoms. The van der Waals surface area contributed by atoms with Gasteiger partial charge in [-0.05, 0) is 37.6 Å². The highest BCUT2D eigenvalue weighted by Crippen LogP contribution is 2.30. The van der Waals surface area contributed by atoms with Crippen molar-refractivity contribution in [2.45, 2.75) is 42.0 Å². The molecule has 0 radical (unpaired) electrons. The van der Waals surface area contributed by atoms with E-state index >= 15 is 0 Å². The summed E-state index contributed by atoms with van der Waals surface area (Å²) in [5, 5.41) is 5.25. The zero-order chi connectivity index (χ0) is 13.9. The van der Waals surface area contributed by atoms with Crippen LogP contribution in [-0.4, -0.2) is 33.0 Å². The topological polar surface area (TPSA) is 58.2 Å². The van der Waals surface area contributed by atoms with Gasteiger partial charge < -0.3 is 5.32 Å². The van der Waals surface area contributed by atoms with Gasteiger partial charge in [-0.1, -0.05) is 6.42 Å². The van der Waals surface area contributed by atoms with Gasteiger partial charge in [-0.15, -0.1) is 11.3 Å². The van der Waals surface area contributed by atoms with Crippen molar-refractivity contribution < 1.29 is 8.42 Å². The summed E-state index contributed by atoms with van der Waals surface area (Å²) in [5.74, 6) is 0. The van der Waals surface area contributed by atoms with Crippen LogP contribution in [0.2, 0.25) is 0 Å². The lowest BCUT2D eigenvalue weighted by molar-refractivity contribution is 0.554. The summed E-state index contributed by atoms with van der Waals surface area (Å²) in [4.78, 5) is 1.30. The van der Waals surface area contributed by atoms with Crippen molar-refractivity contribution in [3.05, 3.63) is 16.3 Å². The maximum atomic E-state index is 12.5. The third-order valence-electron chi connectivity index (χ3n) is 3.39. The predicted molar refractivity (Wildman–Crippen MR) is 82.3 cm³/mol.